The number of aromatic nitrogens is 4. The lowest BCUT2D eigenvalue weighted by Crippen LogP contribution is -2.28. The average molecular weight is 389 g/mol. The third-order valence-corrected chi connectivity index (χ3v) is 4.65. The van der Waals surface area contributed by atoms with Crippen molar-refractivity contribution in [3.63, 3.8) is 0 Å². The number of fused-ring (bicyclic) bond motifs is 1. The van der Waals surface area contributed by atoms with Crippen LogP contribution in [-0.4, -0.2) is 25.5 Å². The maximum absolute atomic E-state index is 14.0. The molecule has 0 aliphatic heterocycles. The second-order valence-electron chi connectivity index (χ2n) is 6.98. The molecule has 146 valence electrons. The average Bonchev–Trinajstić information content (AvgIpc) is 3.13. The van der Waals surface area contributed by atoms with E-state index in [2.05, 4.69) is 20.4 Å². The van der Waals surface area contributed by atoms with Gasteiger partial charge in [-0.1, -0.05) is 42.0 Å². The van der Waals surface area contributed by atoms with Crippen molar-refractivity contribution in [3.05, 3.63) is 83.7 Å². The molecule has 4 rings (SSSR count). The number of amides is 1. The molecule has 0 spiro atoms. The van der Waals surface area contributed by atoms with Crippen molar-refractivity contribution in [1.82, 2.24) is 24.9 Å². The number of nitrogens with one attached hydrogen (secondary N) is 1. The van der Waals surface area contributed by atoms with Crippen LogP contribution in [0.25, 0.3) is 16.9 Å². The number of hydrogen-bond acceptors (Lipinski definition) is 4. The SMILES string of the molecule is Cc1ccc(CC(=O)N[C@@H](C)c2nc3cc(-c4ccccc4F)ncn3n2)cc1. The molecule has 0 saturated carbocycles. The molecule has 2 heterocycles. The van der Waals surface area contributed by atoms with Crippen molar-refractivity contribution >= 4 is 11.6 Å². The number of hydrogen-bond donors (Lipinski definition) is 1. The number of nitrogens with zero attached hydrogens (tertiary/aromatic N) is 4. The molecule has 0 fully saturated rings. The molecule has 0 aliphatic carbocycles. The Morgan fingerprint density at radius 1 is 1.17 bits per heavy atom. The van der Waals surface area contributed by atoms with Crippen LogP contribution >= 0.6 is 0 Å². The monoisotopic (exact) mass is 389 g/mol. The summed E-state index contributed by atoms with van der Waals surface area (Å²) >= 11 is 0. The number of halogens is 1. The molecule has 7 heteroatoms. The van der Waals surface area contributed by atoms with Gasteiger partial charge in [0.25, 0.3) is 0 Å². The van der Waals surface area contributed by atoms with E-state index in [1.54, 1.807) is 24.3 Å². The minimum Gasteiger partial charge on any atom is -0.346 e. The zero-order valence-corrected chi connectivity index (χ0v) is 16.1. The van der Waals surface area contributed by atoms with Crippen molar-refractivity contribution in [3.8, 4) is 11.3 Å². The minimum atomic E-state index is -0.371. The van der Waals surface area contributed by atoms with E-state index in [1.165, 1.54) is 16.9 Å². The maximum Gasteiger partial charge on any atom is 0.224 e. The molecule has 4 aromatic rings. The van der Waals surface area contributed by atoms with Crippen molar-refractivity contribution in [2.45, 2.75) is 26.3 Å². The number of carbonyl (C=O) groups is 1. The van der Waals surface area contributed by atoms with E-state index in [0.717, 1.165) is 11.1 Å². The molecular weight excluding hydrogens is 369 g/mol. The second-order valence-corrected chi connectivity index (χ2v) is 6.98. The first-order valence-corrected chi connectivity index (χ1v) is 9.32. The highest BCUT2D eigenvalue weighted by molar-refractivity contribution is 5.78. The molecule has 1 N–H and O–H groups in total. The molecule has 0 bridgehead atoms. The van der Waals surface area contributed by atoms with E-state index in [9.17, 15) is 9.18 Å². The van der Waals surface area contributed by atoms with Crippen molar-refractivity contribution in [2.75, 3.05) is 0 Å². The standard InChI is InChI=1S/C22H20FN5O/c1-14-7-9-16(10-8-14)11-21(29)25-15(2)22-26-20-12-19(24-13-28(20)27-22)17-5-3-4-6-18(17)23/h3-10,12-13,15H,11H2,1-2H3,(H,25,29)/t15-/m0/s1. The molecule has 29 heavy (non-hydrogen) atoms. The summed E-state index contributed by atoms with van der Waals surface area (Å²) < 4.78 is 15.5. The fourth-order valence-corrected chi connectivity index (χ4v) is 3.06. The first kappa shape index (κ1) is 18.7. The molecule has 0 unspecified atom stereocenters. The highest BCUT2D eigenvalue weighted by Gasteiger charge is 2.16. The van der Waals surface area contributed by atoms with Crippen LogP contribution in [-0.2, 0) is 11.2 Å². The van der Waals surface area contributed by atoms with Crippen LogP contribution < -0.4 is 5.32 Å². The van der Waals surface area contributed by atoms with E-state index in [4.69, 9.17) is 0 Å². The van der Waals surface area contributed by atoms with Crippen LogP contribution in [0.2, 0.25) is 0 Å². The van der Waals surface area contributed by atoms with Gasteiger partial charge in [-0.15, -0.1) is 5.10 Å². The van der Waals surface area contributed by atoms with Gasteiger partial charge in [-0.05, 0) is 31.5 Å². The molecule has 6 nitrogen and oxygen atoms in total. The molecule has 0 saturated heterocycles. The summed E-state index contributed by atoms with van der Waals surface area (Å²) in [5, 5.41) is 7.29. The predicted octanol–water partition coefficient (Wildman–Crippen LogP) is 3.66. The van der Waals surface area contributed by atoms with Gasteiger partial charge in [-0.25, -0.2) is 18.9 Å². The maximum atomic E-state index is 14.0. The Bertz CT molecular complexity index is 1170. The quantitative estimate of drug-likeness (QED) is 0.565. The Morgan fingerprint density at radius 3 is 2.69 bits per heavy atom. The van der Waals surface area contributed by atoms with E-state index in [-0.39, 0.29) is 24.2 Å². The fraction of sp³-hybridized carbons (Fsp3) is 0.182. The minimum absolute atomic E-state index is 0.106. The second kappa shape index (κ2) is 7.79. The van der Waals surface area contributed by atoms with Gasteiger partial charge in [-0.3, -0.25) is 4.79 Å². The lowest BCUT2D eigenvalue weighted by molar-refractivity contribution is -0.121. The van der Waals surface area contributed by atoms with Crippen molar-refractivity contribution in [2.24, 2.45) is 0 Å². The normalized spacial score (nSPS) is 12.1. The molecule has 1 atom stereocenters. The van der Waals surface area contributed by atoms with Crippen LogP contribution in [0.5, 0.6) is 0 Å². The molecule has 1 amide bonds. The summed E-state index contributed by atoms with van der Waals surface area (Å²) in [4.78, 5) is 21.1. The van der Waals surface area contributed by atoms with Gasteiger partial charge in [0.2, 0.25) is 5.91 Å². The van der Waals surface area contributed by atoms with E-state index >= 15 is 0 Å². The van der Waals surface area contributed by atoms with Gasteiger partial charge in [0.1, 0.15) is 12.1 Å². The van der Waals surface area contributed by atoms with E-state index in [1.807, 2.05) is 38.1 Å². The Balaban J connectivity index is 1.50. The van der Waals surface area contributed by atoms with Crippen LogP contribution in [0.15, 0.2) is 60.9 Å². The Morgan fingerprint density at radius 2 is 1.93 bits per heavy atom. The summed E-state index contributed by atoms with van der Waals surface area (Å²) in [5.41, 5.74) is 3.51. The summed E-state index contributed by atoms with van der Waals surface area (Å²) in [6.07, 6.45) is 1.78. The first-order chi connectivity index (χ1) is 14.0. The van der Waals surface area contributed by atoms with Crippen molar-refractivity contribution < 1.29 is 9.18 Å². The largest absolute Gasteiger partial charge is 0.346 e. The third kappa shape index (κ3) is 4.13. The van der Waals surface area contributed by atoms with Crippen LogP contribution in [0.4, 0.5) is 4.39 Å². The van der Waals surface area contributed by atoms with Crippen LogP contribution in [0, 0.1) is 12.7 Å². The Hall–Kier alpha value is -3.61. The van der Waals surface area contributed by atoms with Gasteiger partial charge in [0, 0.05) is 11.6 Å². The molecule has 2 aromatic heterocycles. The van der Waals surface area contributed by atoms with E-state index in [0.29, 0.717) is 22.7 Å². The van der Waals surface area contributed by atoms with Gasteiger partial charge in [0.05, 0.1) is 18.2 Å². The Kier molecular flexibility index (Phi) is 5.03. The third-order valence-electron chi connectivity index (χ3n) is 4.65. The number of rotatable bonds is 5. The first-order valence-electron chi connectivity index (χ1n) is 9.32. The van der Waals surface area contributed by atoms with Crippen LogP contribution in [0.1, 0.15) is 29.9 Å². The van der Waals surface area contributed by atoms with Gasteiger partial charge < -0.3 is 5.32 Å². The molecular formula is C22H20FN5O. The lowest BCUT2D eigenvalue weighted by Gasteiger charge is -2.10. The summed E-state index contributed by atoms with van der Waals surface area (Å²) in [7, 11) is 0. The number of aryl methyl sites for hydroxylation is 1. The lowest BCUT2D eigenvalue weighted by atomic mass is 10.1. The Labute approximate surface area is 167 Å². The highest BCUT2D eigenvalue weighted by Crippen LogP contribution is 2.21. The molecule has 0 radical (unpaired) electrons. The summed E-state index contributed by atoms with van der Waals surface area (Å²) in [6, 6.07) is 15.6. The molecule has 2 aromatic carbocycles. The summed E-state index contributed by atoms with van der Waals surface area (Å²) in [5.74, 6) is 0.0148. The smallest absolute Gasteiger partial charge is 0.224 e. The highest BCUT2D eigenvalue weighted by atomic mass is 19.1. The van der Waals surface area contributed by atoms with Crippen molar-refractivity contribution in [1.29, 1.82) is 0 Å². The van der Waals surface area contributed by atoms with Gasteiger partial charge in [0.15, 0.2) is 11.5 Å². The number of carbonyl (C=O) groups excluding carboxylic acids is 1. The fourth-order valence-electron chi connectivity index (χ4n) is 3.06. The van der Waals surface area contributed by atoms with Gasteiger partial charge in [-0.2, -0.15) is 0 Å². The van der Waals surface area contributed by atoms with E-state index < -0.39 is 0 Å². The predicted molar refractivity (Wildman–Crippen MR) is 108 cm³/mol. The molecule has 0 aliphatic rings. The zero-order valence-electron chi connectivity index (χ0n) is 16.1. The number of benzene rings is 2. The van der Waals surface area contributed by atoms with Gasteiger partial charge >= 0.3 is 0 Å². The zero-order chi connectivity index (χ0) is 20.4. The topological polar surface area (TPSA) is 72.2 Å². The summed E-state index contributed by atoms with van der Waals surface area (Å²) in [6.45, 7) is 3.83. The van der Waals surface area contributed by atoms with Crippen LogP contribution in [0.3, 0.4) is 0 Å².